The summed E-state index contributed by atoms with van der Waals surface area (Å²) in [4.78, 5) is 3.27. The van der Waals surface area contributed by atoms with Gasteiger partial charge in [0, 0.05) is 12.1 Å². The summed E-state index contributed by atoms with van der Waals surface area (Å²) in [6, 6.07) is 6.63. The highest BCUT2D eigenvalue weighted by molar-refractivity contribution is 7.71. The van der Waals surface area contributed by atoms with E-state index in [9.17, 15) is 0 Å². The standard InChI is InChI=1S/C13H16N2OS/c1-3-8-6-11(8)15-12-7-9(16-2)4-5-10(12)14-13(15)17/h4-5,7-8,11H,3,6H2,1-2H3,(H,14,17). The molecule has 0 radical (unpaired) electrons. The molecule has 1 aliphatic rings. The normalized spacial score (nSPS) is 22.9. The third-order valence-electron chi connectivity index (χ3n) is 3.67. The maximum absolute atomic E-state index is 5.42. The number of nitrogens with zero attached hydrogens (tertiary/aromatic N) is 1. The van der Waals surface area contributed by atoms with Crippen molar-refractivity contribution in [1.82, 2.24) is 9.55 Å². The van der Waals surface area contributed by atoms with Gasteiger partial charge in [0.1, 0.15) is 5.75 Å². The molecule has 0 aliphatic heterocycles. The highest BCUT2D eigenvalue weighted by atomic mass is 32.1. The van der Waals surface area contributed by atoms with Crippen LogP contribution in [0.15, 0.2) is 18.2 Å². The molecular formula is C13H16N2OS. The van der Waals surface area contributed by atoms with Crippen LogP contribution in [-0.2, 0) is 0 Å². The van der Waals surface area contributed by atoms with E-state index >= 15 is 0 Å². The van der Waals surface area contributed by atoms with Gasteiger partial charge >= 0.3 is 0 Å². The zero-order chi connectivity index (χ0) is 12.0. The minimum absolute atomic E-state index is 0.577. The smallest absolute Gasteiger partial charge is 0.178 e. The van der Waals surface area contributed by atoms with Gasteiger partial charge in [-0.25, -0.2) is 0 Å². The third kappa shape index (κ3) is 1.67. The molecular weight excluding hydrogens is 232 g/mol. The molecule has 0 spiro atoms. The molecule has 1 aromatic carbocycles. The SMILES string of the molecule is CCC1CC1n1c(=S)[nH]c2ccc(OC)cc21. The van der Waals surface area contributed by atoms with Crippen molar-refractivity contribution in [2.45, 2.75) is 25.8 Å². The molecule has 0 saturated heterocycles. The number of aromatic nitrogens is 2. The first-order valence-corrected chi connectivity index (χ1v) is 6.43. The molecule has 3 nitrogen and oxygen atoms in total. The molecule has 90 valence electrons. The molecule has 0 bridgehead atoms. The number of methoxy groups -OCH3 is 1. The minimum Gasteiger partial charge on any atom is -0.497 e. The van der Waals surface area contributed by atoms with E-state index in [2.05, 4.69) is 22.5 Å². The molecule has 1 aromatic heterocycles. The van der Waals surface area contributed by atoms with Gasteiger partial charge in [-0.05, 0) is 36.7 Å². The number of hydrogen-bond donors (Lipinski definition) is 1. The number of nitrogens with one attached hydrogen (secondary N) is 1. The first-order valence-electron chi connectivity index (χ1n) is 6.03. The molecule has 2 atom stereocenters. The Morgan fingerprint density at radius 2 is 2.35 bits per heavy atom. The number of rotatable bonds is 3. The molecule has 3 rings (SSSR count). The Hall–Kier alpha value is -1.29. The van der Waals surface area contributed by atoms with Crippen molar-refractivity contribution in [2.75, 3.05) is 7.11 Å². The second-order valence-corrected chi connectivity index (χ2v) is 5.04. The van der Waals surface area contributed by atoms with E-state index in [4.69, 9.17) is 17.0 Å². The van der Waals surface area contributed by atoms with Crippen LogP contribution in [0.1, 0.15) is 25.8 Å². The van der Waals surface area contributed by atoms with E-state index in [0.29, 0.717) is 6.04 Å². The quantitative estimate of drug-likeness (QED) is 0.840. The predicted molar refractivity (Wildman–Crippen MR) is 71.1 cm³/mol. The van der Waals surface area contributed by atoms with Crippen LogP contribution in [0.4, 0.5) is 0 Å². The van der Waals surface area contributed by atoms with Crippen LogP contribution in [0.3, 0.4) is 0 Å². The second kappa shape index (κ2) is 3.88. The Morgan fingerprint density at radius 1 is 1.53 bits per heavy atom. The third-order valence-corrected chi connectivity index (χ3v) is 3.96. The van der Waals surface area contributed by atoms with E-state index in [0.717, 1.165) is 27.5 Å². The maximum Gasteiger partial charge on any atom is 0.178 e. The molecule has 1 aliphatic carbocycles. The summed E-state index contributed by atoms with van der Waals surface area (Å²) in [6.45, 7) is 2.24. The molecule has 17 heavy (non-hydrogen) atoms. The minimum atomic E-state index is 0.577. The molecule has 1 fully saturated rings. The van der Waals surface area contributed by atoms with Crippen molar-refractivity contribution in [3.8, 4) is 5.75 Å². The maximum atomic E-state index is 5.42. The fourth-order valence-corrected chi connectivity index (χ4v) is 2.89. The number of fused-ring (bicyclic) bond motifs is 1. The molecule has 1 N–H and O–H groups in total. The largest absolute Gasteiger partial charge is 0.497 e. The van der Waals surface area contributed by atoms with Gasteiger partial charge in [0.15, 0.2) is 4.77 Å². The predicted octanol–water partition coefficient (Wildman–Crippen LogP) is 3.68. The summed E-state index contributed by atoms with van der Waals surface area (Å²) in [5.74, 6) is 1.67. The van der Waals surface area contributed by atoms with E-state index in [1.165, 1.54) is 12.8 Å². The van der Waals surface area contributed by atoms with Gasteiger partial charge in [-0.3, -0.25) is 0 Å². The Bertz CT molecular complexity index is 613. The monoisotopic (exact) mass is 248 g/mol. The van der Waals surface area contributed by atoms with Crippen molar-refractivity contribution >= 4 is 23.3 Å². The van der Waals surface area contributed by atoms with Crippen LogP contribution in [0.25, 0.3) is 11.0 Å². The lowest BCUT2D eigenvalue weighted by Gasteiger charge is -2.04. The fraction of sp³-hybridized carbons (Fsp3) is 0.462. The van der Waals surface area contributed by atoms with Crippen molar-refractivity contribution in [2.24, 2.45) is 5.92 Å². The van der Waals surface area contributed by atoms with Crippen molar-refractivity contribution < 1.29 is 4.74 Å². The van der Waals surface area contributed by atoms with Crippen LogP contribution < -0.4 is 4.74 Å². The molecule has 2 aromatic rings. The Kier molecular flexibility index (Phi) is 2.47. The van der Waals surface area contributed by atoms with E-state index in [-0.39, 0.29) is 0 Å². The van der Waals surface area contributed by atoms with Crippen LogP contribution in [0.2, 0.25) is 0 Å². The number of H-pyrrole nitrogens is 1. The highest BCUT2D eigenvalue weighted by Crippen LogP contribution is 2.47. The summed E-state index contributed by atoms with van der Waals surface area (Å²) in [6.07, 6.45) is 2.47. The van der Waals surface area contributed by atoms with Crippen LogP contribution >= 0.6 is 12.2 Å². The summed E-state index contributed by atoms with van der Waals surface area (Å²) in [7, 11) is 1.69. The topological polar surface area (TPSA) is 29.9 Å². The first kappa shape index (κ1) is 10.8. The first-order chi connectivity index (χ1) is 8.24. The number of hydrogen-bond acceptors (Lipinski definition) is 2. The lowest BCUT2D eigenvalue weighted by atomic mass is 10.3. The van der Waals surface area contributed by atoms with Gasteiger partial charge in [0.25, 0.3) is 0 Å². The molecule has 0 amide bonds. The Labute approximate surface area is 105 Å². The number of ether oxygens (including phenoxy) is 1. The molecule has 4 heteroatoms. The second-order valence-electron chi connectivity index (χ2n) is 4.65. The average Bonchev–Trinajstić information content (AvgIpc) is 3.04. The summed E-state index contributed by atoms with van der Waals surface area (Å²) < 4.78 is 8.36. The van der Waals surface area contributed by atoms with Crippen molar-refractivity contribution in [1.29, 1.82) is 0 Å². The van der Waals surface area contributed by atoms with E-state index in [1.54, 1.807) is 7.11 Å². The van der Waals surface area contributed by atoms with Gasteiger partial charge in [-0.1, -0.05) is 13.3 Å². The van der Waals surface area contributed by atoms with Gasteiger partial charge in [-0.15, -0.1) is 0 Å². The number of aromatic amines is 1. The van der Waals surface area contributed by atoms with Crippen LogP contribution in [0, 0.1) is 10.7 Å². The van der Waals surface area contributed by atoms with Gasteiger partial charge in [-0.2, -0.15) is 0 Å². The molecule has 1 saturated carbocycles. The van der Waals surface area contributed by atoms with E-state index in [1.807, 2.05) is 12.1 Å². The summed E-state index contributed by atoms with van der Waals surface area (Å²) in [5.41, 5.74) is 2.26. The Morgan fingerprint density at radius 3 is 3.00 bits per heavy atom. The number of imidazole rings is 1. The van der Waals surface area contributed by atoms with Crippen molar-refractivity contribution in [3.63, 3.8) is 0 Å². The lowest BCUT2D eigenvalue weighted by Crippen LogP contribution is -1.96. The summed E-state index contributed by atoms with van der Waals surface area (Å²) >= 11 is 5.42. The van der Waals surface area contributed by atoms with Gasteiger partial charge < -0.3 is 14.3 Å². The zero-order valence-electron chi connectivity index (χ0n) is 10.1. The summed E-state index contributed by atoms with van der Waals surface area (Å²) in [5, 5.41) is 0. The average molecular weight is 248 g/mol. The fourth-order valence-electron chi connectivity index (χ4n) is 2.54. The molecule has 1 heterocycles. The van der Waals surface area contributed by atoms with Crippen LogP contribution in [0.5, 0.6) is 5.75 Å². The lowest BCUT2D eigenvalue weighted by molar-refractivity contribution is 0.415. The zero-order valence-corrected chi connectivity index (χ0v) is 10.9. The van der Waals surface area contributed by atoms with Gasteiger partial charge in [0.2, 0.25) is 0 Å². The van der Waals surface area contributed by atoms with E-state index < -0.39 is 0 Å². The highest BCUT2D eigenvalue weighted by Gasteiger charge is 2.38. The van der Waals surface area contributed by atoms with Crippen LogP contribution in [-0.4, -0.2) is 16.7 Å². The van der Waals surface area contributed by atoms with Crippen molar-refractivity contribution in [3.05, 3.63) is 23.0 Å². The number of benzene rings is 1. The Balaban J connectivity index is 2.16. The molecule has 2 unspecified atom stereocenters. The van der Waals surface area contributed by atoms with Gasteiger partial charge in [0.05, 0.1) is 18.1 Å².